The molecule has 0 saturated carbocycles. The van der Waals surface area contributed by atoms with Gasteiger partial charge in [0.15, 0.2) is 5.82 Å². The molecule has 4 nitrogen and oxygen atoms in total. The molecule has 0 aliphatic carbocycles. The molecule has 6 heteroatoms. The standard InChI is InChI=1S/C15H14N4S2/c1-10-3-5-12(6-4-10)14-17-18-15(20)19(14)16-9-13-11(2)7-8-21-13/h3-9H,1-2H3,(H,18,20)/b16-9+. The molecule has 0 aliphatic rings. The Morgan fingerprint density at radius 1 is 1.24 bits per heavy atom. The maximum atomic E-state index is 5.26. The second-order valence-electron chi connectivity index (χ2n) is 4.74. The first-order valence-corrected chi connectivity index (χ1v) is 7.77. The Bertz CT molecular complexity index is 837. The summed E-state index contributed by atoms with van der Waals surface area (Å²) in [6, 6.07) is 10.2. The van der Waals surface area contributed by atoms with Crippen LogP contribution in [0.25, 0.3) is 11.4 Å². The summed E-state index contributed by atoms with van der Waals surface area (Å²) in [5.74, 6) is 0.713. The van der Waals surface area contributed by atoms with Gasteiger partial charge in [-0.15, -0.1) is 11.3 Å². The lowest BCUT2D eigenvalue weighted by Gasteiger charge is -2.01. The summed E-state index contributed by atoms with van der Waals surface area (Å²) in [5, 5.41) is 13.6. The average Bonchev–Trinajstić information content (AvgIpc) is 3.04. The first-order valence-electron chi connectivity index (χ1n) is 6.48. The Hall–Kier alpha value is -2.05. The molecule has 0 unspecified atom stereocenters. The van der Waals surface area contributed by atoms with E-state index in [1.165, 1.54) is 11.1 Å². The maximum absolute atomic E-state index is 5.26. The number of hydrogen-bond acceptors (Lipinski definition) is 4. The van der Waals surface area contributed by atoms with Crippen LogP contribution in [0.2, 0.25) is 0 Å². The summed E-state index contributed by atoms with van der Waals surface area (Å²) in [5.41, 5.74) is 3.39. The van der Waals surface area contributed by atoms with E-state index in [9.17, 15) is 0 Å². The second kappa shape index (κ2) is 5.75. The van der Waals surface area contributed by atoms with E-state index >= 15 is 0 Å². The molecule has 2 aromatic heterocycles. The molecule has 21 heavy (non-hydrogen) atoms. The van der Waals surface area contributed by atoms with E-state index in [2.05, 4.69) is 35.2 Å². The lowest BCUT2D eigenvalue weighted by Crippen LogP contribution is -1.94. The minimum Gasteiger partial charge on any atom is -0.250 e. The molecule has 0 bridgehead atoms. The molecule has 1 aromatic carbocycles. The van der Waals surface area contributed by atoms with Gasteiger partial charge in [0, 0.05) is 5.56 Å². The van der Waals surface area contributed by atoms with Gasteiger partial charge >= 0.3 is 0 Å². The smallest absolute Gasteiger partial charge is 0.216 e. The van der Waals surface area contributed by atoms with Crippen LogP contribution in [-0.4, -0.2) is 21.1 Å². The van der Waals surface area contributed by atoms with Gasteiger partial charge < -0.3 is 0 Å². The third-order valence-electron chi connectivity index (χ3n) is 3.15. The monoisotopic (exact) mass is 314 g/mol. The van der Waals surface area contributed by atoms with Gasteiger partial charge in [-0.25, -0.2) is 5.10 Å². The Balaban J connectivity index is 2.02. The largest absolute Gasteiger partial charge is 0.250 e. The van der Waals surface area contributed by atoms with Gasteiger partial charge in [0.05, 0.1) is 11.1 Å². The van der Waals surface area contributed by atoms with Crippen LogP contribution >= 0.6 is 23.6 Å². The number of nitrogens with one attached hydrogen (secondary N) is 1. The molecule has 0 atom stereocenters. The highest BCUT2D eigenvalue weighted by atomic mass is 32.1. The fourth-order valence-electron chi connectivity index (χ4n) is 1.92. The van der Waals surface area contributed by atoms with Crippen molar-refractivity contribution in [1.29, 1.82) is 0 Å². The SMILES string of the molecule is Cc1ccc(-c2n[nH]c(=S)n2/N=C/c2sccc2C)cc1. The normalized spacial score (nSPS) is 11.3. The molecule has 2 heterocycles. The molecule has 0 amide bonds. The van der Waals surface area contributed by atoms with Gasteiger partial charge in [-0.3, -0.25) is 0 Å². The van der Waals surface area contributed by atoms with Gasteiger partial charge in [0.25, 0.3) is 0 Å². The molecular formula is C15H14N4S2. The number of benzene rings is 1. The van der Waals surface area contributed by atoms with Crippen molar-refractivity contribution in [3.63, 3.8) is 0 Å². The Morgan fingerprint density at radius 2 is 2.00 bits per heavy atom. The van der Waals surface area contributed by atoms with Crippen LogP contribution in [0, 0.1) is 18.6 Å². The average molecular weight is 314 g/mol. The molecule has 0 saturated heterocycles. The van der Waals surface area contributed by atoms with Gasteiger partial charge in [0.2, 0.25) is 4.77 Å². The number of nitrogens with zero attached hydrogens (tertiary/aromatic N) is 3. The highest BCUT2D eigenvalue weighted by Crippen LogP contribution is 2.18. The lowest BCUT2D eigenvalue weighted by molar-refractivity contribution is 0.872. The van der Waals surface area contributed by atoms with Crippen LogP contribution in [0.1, 0.15) is 16.0 Å². The van der Waals surface area contributed by atoms with E-state index in [1.807, 2.05) is 35.9 Å². The lowest BCUT2D eigenvalue weighted by atomic mass is 10.1. The van der Waals surface area contributed by atoms with Crippen molar-refractivity contribution in [1.82, 2.24) is 14.9 Å². The molecule has 3 rings (SSSR count). The van der Waals surface area contributed by atoms with Gasteiger partial charge in [0.1, 0.15) is 0 Å². The molecule has 0 fully saturated rings. The summed E-state index contributed by atoms with van der Waals surface area (Å²) < 4.78 is 2.13. The minimum absolute atomic E-state index is 0.482. The predicted octanol–water partition coefficient (Wildman–Crippen LogP) is 4.17. The number of thiophene rings is 1. The van der Waals surface area contributed by atoms with Crippen LogP contribution in [0.4, 0.5) is 0 Å². The molecule has 106 valence electrons. The van der Waals surface area contributed by atoms with E-state index in [-0.39, 0.29) is 0 Å². The topological polar surface area (TPSA) is 46.0 Å². The second-order valence-corrected chi connectivity index (χ2v) is 6.08. The molecule has 0 radical (unpaired) electrons. The third kappa shape index (κ3) is 2.86. The van der Waals surface area contributed by atoms with E-state index in [4.69, 9.17) is 12.2 Å². The maximum Gasteiger partial charge on any atom is 0.216 e. The van der Waals surface area contributed by atoms with Crippen molar-refractivity contribution >= 4 is 29.8 Å². The third-order valence-corrected chi connectivity index (χ3v) is 4.37. The minimum atomic E-state index is 0.482. The predicted molar refractivity (Wildman–Crippen MR) is 89.6 cm³/mol. The summed E-state index contributed by atoms with van der Waals surface area (Å²) in [6.07, 6.45) is 1.82. The highest BCUT2D eigenvalue weighted by molar-refractivity contribution is 7.71. The Morgan fingerprint density at radius 3 is 2.67 bits per heavy atom. The van der Waals surface area contributed by atoms with Crippen molar-refractivity contribution < 1.29 is 0 Å². The molecule has 0 aliphatic heterocycles. The quantitative estimate of drug-likeness (QED) is 0.582. The Kier molecular flexibility index (Phi) is 3.81. The first kappa shape index (κ1) is 13.9. The van der Waals surface area contributed by atoms with Crippen molar-refractivity contribution in [2.45, 2.75) is 13.8 Å². The zero-order valence-electron chi connectivity index (χ0n) is 11.7. The van der Waals surface area contributed by atoms with Crippen LogP contribution in [0.5, 0.6) is 0 Å². The summed E-state index contributed by atoms with van der Waals surface area (Å²) in [7, 11) is 0. The van der Waals surface area contributed by atoms with Gasteiger partial charge in [-0.05, 0) is 43.1 Å². The molecule has 0 spiro atoms. The first-order chi connectivity index (χ1) is 10.1. The Labute approximate surface area is 131 Å². The number of aryl methyl sites for hydroxylation is 2. The van der Waals surface area contributed by atoms with Crippen molar-refractivity contribution in [2.24, 2.45) is 5.10 Å². The van der Waals surface area contributed by atoms with Crippen LogP contribution in [0.3, 0.4) is 0 Å². The van der Waals surface area contributed by atoms with Crippen LogP contribution < -0.4 is 0 Å². The molecule has 1 N–H and O–H groups in total. The van der Waals surface area contributed by atoms with E-state index in [0.29, 0.717) is 10.6 Å². The van der Waals surface area contributed by atoms with E-state index < -0.39 is 0 Å². The molecular weight excluding hydrogens is 300 g/mol. The van der Waals surface area contributed by atoms with E-state index in [0.717, 1.165) is 10.4 Å². The van der Waals surface area contributed by atoms with Crippen LogP contribution in [0.15, 0.2) is 40.8 Å². The number of aromatic nitrogens is 3. The summed E-state index contributed by atoms with van der Waals surface area (Å²) in [6.45, 7) is 4.12. The fraction of sp³-hybridized carbons (Fsp3) is 0.133. The van der Waals surface area contributed by atoms with Crippen LogP contribution in [-0.2, 0) is 0 Å². The summed E-state index contributed by atoms with van der Waals surface area (Å²) in [4.78, 5) is 1.12. The molecule has 3 aromatic rings. The number of H-pyrrole nitrogens is 1. The van der Waals surface area contributed by atoms with Crippen molar-refractivity contribution in [2.75, 3.05) is 0 Å². The zero-order chi connectivity index (χ0) is 14.8. The number of aromatic amines is 1. The highest BCUT2D eigenvalue weighted by Gasteiger charge is 2.07. The fourth-order valence-corrected chi connectivity index (χ4v) is 2.88. The zero-order valence-corrected chi connectivity index (χ0v) is 13.3. The van der Waals surface area contributed by atoms with Gasteiger partial charge in [-0.1, -0.05) is 29.8 Å². The number of rotatable bonds is 3. The van der Waals surface area contributed by atoms with E-state index in [1.54, 1.807) is 16.0 Å². The van der Waals surface area contributed by atoms with Crippen molar-refractivity contribution in [3.05, 3.63) is 56.5 Å². The summed E-state index contributed by atoms with van der Waals surface area (Å²) >= 11 is 6.91. The van der Waals surface area contributed by atoms with Gasteiger partial charge in [-0.2, -0.15) is 14.9 Å². The van der Waals surface area contributed by atoms with Crippen molar-refractivity contribution in [3.8, 4) is 11.4 Å². The number of hydrogen-bond donors (Lipinski definition) is 1.